The number of aromatic nitrogens is 1. The number of aliphatic carboxylic acids is 1. The average Bonchev–Trinajstić information content (AvgIpc) is 3.27. The first kappa shape index (κ1) is 27.6. The number of oxazole rings is 1. The van der Waals surface area contributed by atoms with Gasteiger partial charge in [-0.1, -0.05) is 56.2 Å². The van der Waals surface area contributed by atoms with Crippen molar-refractivity contribution >= 4 is 11.9 Å². The summed E-state index contributed by atoms with van der Waals surface area (Å²) in [6.07, 6.45) is 3.61. The molecule has 0 spiro atoms. The van der Waals surface area contributed by atoms with Gasteiger partial charge in [0.1, 0.15) is 17.5 Å². The first-order valence-corrected chi connectivity index (χ1v) is 13.5. The molecule has 3 aromatic rings. The van der Waals surface area contributed by atoms with Crippen LogP contribution in [-0.4, -0.2) is 45.6 Å². The number of amides is 1. The van der Waals surface area contributed by atoms with E-state index >= 15 is 0 Å². The molecule has 1 aromatic heterocycles. The molecule has 38 heavy (non-hydrogen) atoms. The van der Waals surface area contributed by atoms with Crippen molar-refractivity contribution in [3.8, 4) is 11.5 Å². The van der Waals surface area contributed by atoms with Crippen LogP contribution >= 0.6 is 0 Å². The highest BCUT2D eigenvalue weighted by Gasteiger charge is 2.35. The fraction of sp³-hybridized carbons (Fsp3) is 0.452. The molecule has 7 heteroatoms. The molecule has 2 aromatic carbocycles. The Labute approximate surface area is 224 Å². The van der Waals surface area contributed by atoms with E-state index in [-0.39, 0.29) is 23.8 Å². The number of carbonyl (C=O) groups is 2. The van der Waals surface area contributed by atoms with Gasteiger partial charge in [0.2, 0.25) is 5.89 Å². The first-order chi connectivity index (χ1) is 18.2. The molecule has 202 valence electrons. The highest BCUT2D eigenvalue weighted by molar-refractivity contribution is 5.96. The molecule has 4 rings (SSSR count). The van der Waals surface area contributed by atoms with E-state index in [1.807, 2.05) is 58.0 Å². The molecule has 0 saturated heterocycles. The lowest BCUT2D eigenvalue weighted by Gasteiger charge is -2.37. The minimum Gasteiger partial charge on any atom is -0.480 e. The van der Waals surface area contributed by atoms with E-state index in [2.05, 4.69) is 4.98 Å². The number of carbonyl (C=O) groups excluding carboxylic acids is 1. The fourth-order valence-corrected chi connectivity index (χ4v) is 5.26. The van der Waals surface area contributed by atoms with Gasteiger partial charge in [0.25, 0.3) is 5.91 Å². The van der Waals surface area contributed by atoms with E-state index in [1.165, 1.54) is 5.56 Å². The van der Waals surface area contributed by atoms with Crippen LogP contribution in [0.3, 0.4) is 0 Å². The number of hydrogen-bond donors (Lipinski definition) is 1. The van der Waals surface area contributed by atoms with Crippen LogP contribution in [0.15, 0.2) is 59.0 Å². The number of rotatable bonds is 10. The van der Waals surface area contributed by atoms with Gasteiger partial charge in [-0.25, -0.2) is 9.78 Å². The SMILES string of the molecule is Cc1ccc(-c2nc(CO[C@@H]3CCC[C@H](CN(C(=O)c4ccccc4)[C@H](C(=O)O)C(C)C)C3)c(C)o2)cc1. The van der Waals surface area contributed by atoms with Crippen LogP contribution in [0.5, 0.6) is 0 Å². The summed E-state index contributed by atoms with van der Waals surface area (Å²) in [5.41, 5.74) is 3.41. The van der Waals surface area contributed by atoms with Crippen molar-refractivity contribution in [1.82, 2.24) is 9.88 Å². The normalized spacial score (nSPS) is 18.3. The maximum absolute atomic E-state index is 13.4. The van der Waals surface area contributed by atoms with Gasteiger partial charge in [0.15, 0.2) is 0 Å². The van der Waals surface area contributed by atoms with Crippen molar-refractivity contribution in [3.05, 3.63) is 77.2 Å². The number of aryl methyl sites for hydroxylation is 2. The zero-order chi connectivity index (χ0) is 27.2. The summed E-state index contributed by atoms with van der Waals surface area (Å²) in [5, 5.41) is 9.99. The van der Waals surface area contributed by atoms with Gasteiger partial charge in [-0.2, -0.15) is 0 Å². The molecule has 7 nitrogen and oxygen atoms in total. The van der Waals surface area contributed by atoms with E-state index in [1.54, 1.807) is 29.2 Å². The number of nitrogens with zero attached hydrogens (tertiary/aromatic N) is 2. The topological polar surface area (TPSA) is 92.9 Å². The molecule has 1 heterocycles. The molecular formula is C31H38N2O5. The summed E-state index contributed by atoms with van der Waals surface area (Å²) in [6, 6.07) is 16.1. The van der Waals surface area contributed by atoms with Gasteiger partial charge in [-0.05, 0) is 69.2 Å². The predicted octanol–water partition coefficient (Wildman–Crippen LogP) is 6.29. The van der Waals surface area contributed by atoms with Crippen LogP contribution < -0.4 is 0 Å². The fourth-order valence-electron chi connectivity index (χ4n) is 5.26. The van der Waals surface area contributed by atoms with Crippen molar-refractivity contribution in [1.29, 1.82) is 0 Å². The van der Waals surface area contributed by atoms with Crippen LogP contribution in [-0.2, 0) is 16.1 Å². The minimum atomic E-state index is -0.973. The van der Waals surface area contributed by atoms with Crippen LogP contribution in [0.1, 0.15) is 66.9 Å². The Kier molecular flexibility index (Phi) is 9.00. The lowest BCUT2D eigenvalue weighted by molar-refractivity contribution is -0.144. The molecule has 1 saturated carbocycles. The molecule has 0 radical (unpaired) electrons. The minimum absolute atomic E-state index is 0.0173. The van der Waals surface area contributed by atoms with Gasteiger partial charge in [0.05, 0.1) is 12.7 Å². The molecule has 0 unspecified atom stereocenters. The van der Waals surface area contributed by atoms with Crippen molar-refractivity contribution in [3.63, 3.8) is 0 Å². The Hall–Kier alpha value is -3.45. The molecule has 3 atom stereocenters. The highest BCUT2D eigenvalue weighted by atomic mass is 16.5. The Morgan fingerprint density at radius 2 is 1.79 bits per heavy atom. The number of benzene rings is 2. The number of carboxylic acids is 1. The largest absolute Gasteiger partial charge is 0.480 e. The summed E-state index contributed by atoms with van der Waals surface area (Å²) < 4.78 is 12.2. The summed E-state index contributed by atoms with van der Waals surface area (Å²) in [7, 11) is 0. The number of ether oxygens (including phenoxy) is 1. The number of carboxylic acid groups (broad SMARTS) is 1. The Balaban J connectivity index is 1.42. The Morgan fingerprint density at radius 1 is 1.08 bits per heavy atom. The average molecular weight is 519 g/mol. The molecule has 0 bridgehead atoms. The lowest BCUT2D eigenvalue weighted by Crippen LogP contribution is -2.50. The van der Waals surface area contributed by atoms with Crippen molar-refractivity contribution in [2.45, 2.75) is 72.1 Å². The molecule has 0 aliphatic heterocycles. The van der Waals surface area contributed by atoms with E-state index in [0.29, 0.717) is 24.6 Å². The molecule has 1 N–H and O–H groups in total. The Morgan fingerprint density at radius 3 is 2.45 bits per heavy atom. The summed E-state index contributed by atoms with van der Waals surface area (Å²) in [4.78, 5) is 31.9. The maximum Gasteiger partial charge on any atom is 0.326 e. The standard InChI is InChI=1S/C31H38N2O5/c1-20(2)28(31(35)36)33(30(34)25-10-6-5-7-11-25)18-23-9-8-12-26(17-23)37-19-27-22(4)38-29(32-27)24-15-13-21(3)14-16-24/h5-7,10-11,13-16,20,23,26,28H,8-9,12,17-19H2,1-4H3,(H,35,36)/t23-,26+,28-/m0/s1. The second-order valence-corrected chi connectivity index (χ2v) is 10.7. The van der Waals surface area contributed by atoms with Crippen LogP contribution in [0, 0.1) is 25.7 Å². The maximum atomic E-state index is 13.4. The zero-order valence-electron chi connectivity index (χ0n) is 22.7. The van der Waals surface area contributed by atoms with Gasteiger partial charge in [-0.15, -0.1) is 0 Å². The quantitative estimate of drug-likeness (QED) is 0.339. The molecule has 1 amide bonds. The van der Waals surface area contributed by atoms with Crippen LogP contribution in [0.25, 0.3) is 11.5 Å². The van der Waals surface area contributed by atoms with E-state index in [9.17, 15) is 14.7 Å². The monoisotopic (exact) mass is 518 g/mol. The highest BCUT2D eigenvalue weighted by Crippen LogP contribution is 2.30. The third kappa shape index (κ3) is 6.70. The van der Waals surface area contributed by atoms with Gasteiger partial charge in [0, 0.05) is 17.7 Å². The lowest BCUT2D eigenvalue weighted by atomic mass is 9.86. The predicted molar refractivity (Wildman–Crippen MR) is 146 cm³/mol. The summed E-state index contributed by atoms with van der Waals surface area (Å²) >= 11 is 0. The van der Waals surface area contributed by atoms with Crippen molar-refractivity contribution < 1.29 is 23.8 Å². The Bertz CT molecular complexity index is 1220. The zero-order valence-corrected chi connectivity index (χ0v) is 22.7. The smallest absolute Gasteiger partial charge is 0.326 e. The molecule has 1 aliphatic rings. The van der Waals surface area contributed by atoms with Gasteiger partial charge >= 0.3 is 5.97 Å². The second-order valence-electron chi connectivity index (χ2n) is 10.7. The van der Waals surface area contributed by atoms with Gasteiger partial charge < -0.3 is 19.2 Å². The number of hydrogen-bond acceptors (Lipinski definition) is 5. The molecular weight excluding hydrogens is 480 g/mol. The van der Waals surface area contributed by atoms with E-state index in [4.69, 9.17) is 9.15 Å². The third-order valence-electron chi connectivity index (χ3n) is 7.34. The summed E-state index contributed by atoms with van der Waals surface area (Å²) in [5.74, 6) is 0.0625. The third-order valence-corrected chi connectivity index (χ3v) is 7.34. The first-order valence-electron chi connectivity index (χ1n) is 13.5. The van der Waals surface area contributed by atoms with Crippen molar-refractivity contribution in [2.24, 2.45) is 11.8 Å². The van der Waals surface area contributed by atoms with Crippen LogP contribution in [0.2, 0.25) is 0 Å². The second kappa shape index (κ2) is 12.4. The molecule has 1 aliphatic carbocycles. The van der Waals surface area contributed by atoms with E-state index in [0.717, 1.165) is 42.7 Å². The van der Waals surface area contributed by atoms with Crippen LogP contribution in [0.4, 0.5) is 0 Å². The van der Waals surface area contributed by atoms with E-state index < -0.39 is 12.0 Å². The van der Waals surface area contributed by atoms with Gasteiger partial charge in [-0.3, -0.25) is 4.79 Å². The molecule has 1 fully saturated rings. The van der Waals surface area contributed by atoms with Crippen molar-refractivity contribution in [2.75, 3.05) is 6.54 Å². The summed E-state index contributed by atoms with van der Waals surface area (Å²) in [6.45, 7) is 8.39.